The molecule has 3 aromatic carbocycles. The Morgan fingerprint density at radius 1 is 1.14 bits per heavy atom. The molecular formula is C30H35Cl2N3O6S. The number of rotatable bonds is 10. The van der Waals surface area contributed by atoms with Crippen LogP contribution in [-0.2, 0) is 16.6 Å². The molecule has 1 heterocycles. The molecular weight excluding hydrogens is 601 g/mol. The van der Waals surface area contributed by atoms with Crippen molar-refractivity contribution in [2.75, 3.05) is 38.6 Å². The highest BCUT2D eigenvalue weighted by molar-refractivity contribution is 7.92. The number of nitrogens with zero attached hydrogens (tertiary/aromatic N) is 2. The van der Waals surface area contributed by atoms with Crippen LogP contribution in [0.2, 0.25) is 10.0 Å². The molecule has 42 heavy (non-hydrogen) atoms. The first kappa shape index (κ1) is 31.9. The average molecular weight is 637 g/mol. The van der Waals surface area contributed by atoms with Gasteiger partial charge in [-0.15, -0.1) is 0 Å². The Morgan fingerprint density at radius 3 is 2.50 bits per heavy atom. The molecule has 1 aliphatic heterocycles. The van der Waals surface area contributed by atoms with Gasteiger partial charge in [-0.2, -0.15) is 0 Å². The maximum Gasteiger partial charge on any atom is 0.262 e. The van der Waals surface area contributed by atoms with Gasteiger partial charge in [0.25, 0.3) is 15.9 Å². The first-order valence-corrected chi connectivity index (χ1v) is 15.7. The third kappa shape index (κ3) is 7.30. The lowest BCUT2D eigenvalue weighted by Gasteiger charge is -2.38. The summed E-state index contributed by atoms with van der Waals surface area (Å²) in [5, 5.41) is 10.9. The van der Waals surface area contributed by atoms with Crippen LogP contribution in [0, 0.1) is 5.92 Å². The number of nitrogens with one attached hydrogen (secondary N) is 1. The van der Waals surface area contributed by atoms with Crippen molar-refractivity contribution in [2.24, 2.45) is 5.92 Å². The molecule has 0 saturated carbocycles. The summed E-state index contributed by atoms with van der Waals surface area (Å²) in [6.07, 6.45) is -0.440. The third-order valence-corrected chi connectivity index (χ3v) is 9.35. The third-order valence-electron chi connectivity index (χ3n) is 7.23. The van der Waals surface area contributed by atoms with E-state index in [1.54, 1.807) is 48.2 Å². The SMILES string of the molecule is COc1ccc(S(=O)(=O)Nc2cccc3c2O[C@@H](CN(C)Cc2ccc(Cl)c(Cl)c2)[C@H](C)CN([C@H](C)CO)C3=O)cc1. The van der Waals surface area contributed by atoms with Crippen molar-refractivity contribution in [3.63, 3.8) is 0 Å². The minimum atomic E-state index is -4.03. The van der Waals surface area contributed by atoms with Gasteiger partial charge in [0.15, 0.2) is 5.75 Å². The van der Waals surface area contributed by atoms with Crippen LogP contribution in [0.25, 0.3) is 0 Å². The van der Waals surface area contributed by atoms with Crippen LogP contribution in [0.5, 0.6) is 11.5 Å². The number of sulfonamides is 1. The highest BCUT2D eigenvalue weighted by Crippen LogP contribution is 2.36. The van der Waals surface area contributed by atoms with Crippen LogP contribution in [0.15, 0.2) is 65.6 Å². The molecule has 1 amide bonds. The lowest BCUT2D eigenvalue weighted by atomic mass is 9.99. The summed E-state index contributed by atoms with van der Waals surface area (Å²) in [6.45, 7) is 4.87. The normalized spacial score (nSPS) is 18.1. The maximum absolute atomic E-state index is 13.7. The van der Waals surface area contributed by atoms with E-state index in [9.17, 15) is 18.3 Å². The molecule has 12 heteroatoms. The number of carbonyl (C=O) groups is 1. The lowest BCUT2D eigenvalue weighted by Crippen LogP contribution is -2.49. The predicted octanol–water partition coefficient (Wildman–Crippen LogP) is 5.15. The number of ether oxygens (including phenoxy) is 2. The zero-order chi connectivity index (χ0) is 30.6. The van der Waals surface area contributed by atoms with Gasteiger partial charge in [-0.25, -0.2) is 8.42 Å². The van der Waals surface area contributed by atoms with Crippen molar-refractivity contribution in [2.45, 2.75) is 37.4 Å². The molecule has 2 N–H and O–H groups in total. The molecule has 0 saturated heterocycles. The molecule has 0 bridgehead atoms. The molecule has 3 atom stereocenters. The molecule has 0 unspecified atom stereocenters. The molecule has 0 radical (unpaired) electrons. The number of benzene rings is 3. The number of hydrogen-bond acceptors (Lipinski definition) is 7. The number of amides is 1. The topological polar surface area (TPSA) is 108 Å². The van der Waals surface area contributed by atoms with Gasteiger partial charge < -0.3 is 19.5 Å². The summed E-state index contributed by atoms with van der Waals surface area (Å²) in [6, 6.07) is 15.8. The number of halogens is 2. The summed E-state index contributed by atoms with van der Waals surface area (Å²) in [4.78, 5) is 17.4. The van der Waals surface area contributed by atoms with E-state index in [1.807, 2.05) is 26.1 Å². The summed E-state index contributed by atoms with van der Waals surface area (Å²) < 4.78 is 41.0. The van der Waals surface area contributed by atoms with Gasteiger partial charge in [0.05, 0.1) is 46.0 Å². The maximum atomic E-state index is 13.7. The smallest absolute Gasteiger partial charge is 0.262 e. The highest BCUT2D eigenvalue weighted by Gasteiger charge is 2.35. The summed E-state index contributed by atoms with van der Waals surface area (Å²) in [5.41, 5.74) is 1.30. The minimum absolute atomic E-state index is 0.0277. The molecule has 4 rings (SSSR count). The number of methoxy groups -OCH3 is 1. The Labute approximate surface area is 257 Å². The van der Waals surface area contributed by atoms with Gasteiger partial charge in [-0.1, -0.05) is 42.3 Å². The Morgan fingerprint density at radius 2 is 1.86 bits per heavy atom. The lowest BCUT2D eigenvalue weighted by molar-refractivity contribution is 0.0344. The molecule has 0 fully saturated rings. The standard InChI is InChI=1S/C30H35Cl2N3O6S/c1-19-15-35(20(2)18-36)30(37)24-6-5-7-27(33-42(38,39)23-11-9-22(40-4)10-12-23)29(24)41-28(19)17-34(3)16-21-8-13-25(31)26(32)14-21/h5-14,19-20,28,33,36H,15-18H2,1-4H3/t19-,20-,28+/m1/s1. The van der Waals surface area contributed by atoms with Crippen molar-refractivity contribution >= 4 is 44.8 Å². The number of para-hydroxylation sites is 1. The fourth-order valence-corrected chi connectivity index (χ4v) is 6.20. The molecule has 0 aromatic heterocycles. The number of aliphatic hydroxyl groups excluding tert-OH is 1. The Hall–Kier alpha value is -3.02. The largest absolute Gasteiger partial charge is 0.497 e. The van der Waals surface area contributed by atoms with Crippen LogP contribution in [0.3, 0.4) is 0 Å². The molecule has 1 aliphatic rings. The van der Waals surface area contributed by atoms with Crippen molar-refractivity contribution in [3.05, 3.63) is 81.8 Å². The molecule has 3 aromatic rings. The van der Waals surface area contributed by atoms with Gasteiger partial charge in [0, 0.05) is 25.6 Å². The minimum Gasteiger partial charge on any atom is -0.497 e. The number of fused-ring (bicyclic) bond motifs is 1. The van der Waals surface area contributed by atoms with E-state index in [0.717, 1.165) is 5.56 Å². The summed E-state index contributed by atoms with van der Waals surface area (Å²) in [7, 11) is -0.593. The number of hydrogen-bond donors (Lipinski definition) is 2. The van der Waals surface area contributed by atoms with E-state index in [-0.39, 0.29) is 40.3 Å². The van der Waals surface area contributed by atoms with E-state index in [1.165, 1.54) is 19.2 Å². The fourth-order valence-electron chi connectivity index (χ4n) is 4.82. The first-order chi connectivity index (χ1) is 19.9. The van der Waals surface area contributed by atoms with Crippen LogP contribution in [0.4, 0.5) is 5.69 Å². The second-order valence-corrected chi connectivity index (χ2v) is 13.0. The zero-order valence-electron chi connectivity index (χ0n) is 23.9. The number of anilines is 1. The second-order valence-electron chi connectivity index (χ2n) is 10.5. The molecule has 0 aliphatic carbocycles. The van der Waals surface area contributed by atoms with E-state index < -0.39 is 22.2 Å². The second kappa shape index (κ2) is 13.5. The van der Waals surface area contributed by atoms with Crippen LogP contribution in [-0.4, -0.2) is 75.2 Å². The van der Waals surface area contributed by atoms with Gasteiger partial charge in [0.2, 0.25) is 0 Å². The van der Waals surface area contributed by atoms with Gasteiger partial charge in [-0.05, 0) is 68.1 Å². The van der Waals surface area contributed by atoms with Crippen LogP contribution < -0.4 is 14.2 Å². The van der Waals surface area contributed by atoms with Crippen LogP contribution >= 0.6 is 23.2 Å². The van der Waals surface area contributed by atoms with E-state index in [4.69, 9.17) is 32.7 Å². The quantitative estimate of drug-likeness (QED) is 0.317. The summed E-state index contributed by atoms with van der Waals surface area (Å²) >= 11 is 12.3. The fraction of sp³-hybridized carbons (Fsp3) is 0.367. The number of likely N-dealkylation sites (N-methyl/N-ethyl adjacent to an activating group) is 1. The predicted molar refractivity (Wildman–Crippen MR) is 164 cm³/mol. The summed E-state index contributed by atoms with van der Waals surface area (Å²) in [5.74, 6) is 0.131. The van der Waals surface area contributed by atoms with E-state index in [2.05, 4.69) is 9.62 Å². The van der Waals surface area contributed by atoms with Gasteiger partial charge in [0.1, 0.15) is 11.9 Å². The Balaban J connectivity index is 1.69. The number of aliphatic hydroxyl groups is 1. The molecule has 9 nitrogen and oxygen atoms in total. The van der Waals surface area contributed by atoms with Crippen molar-refractivity contribution < 1.29 is 27.8 Å². The van der Waals surface area contributed by atoms with Gasteiger partial charge >= 0.3 is 0 Å². The van der Waals surface area contributed by atoms with Gasteiger partial charge in [-0.3, -0.25) is 14.4 Å². The van der Waals surface area contributed by atoms with Crippen molar-refractivity contribution in [1.82, 2.24) is 9.80 Å². The monoisotopic (exact) mass is 635 g/mol. The van der Waals surface area contributed by atoms with Crippen molar-refractivity contribution in [3.8, 4) is 11.5 Å². The van der Waals surface area contributed by atoms with E-state index in [0.29, 0.717) is 35.4 Å². The van der Waals surface area contributed by atoms with E-state index >= 15 is 0 Å². The first-order valence-electron chi connectivity index (χ1n) is 13.4. The Bertz CT molecular complexity index is 1520. The van der Waals surface area contributed by atoms with Crippen molar-refractivity contribution in [1.29, 1.82) is 0 Å². The number of carbonyl (C=O) groups excluding carboxylic acids is 1. The highest BCUT2D eigenvalue weighted by atomic mass is 35.5. The van der Waals surface area contributed by atoms with Crippen LogP contribution in [0.1, 0.15) is 29.8 Å². The molecule has 226 valence electrons. The Kier molecular flexibility index (Phi) is 10.3. The zero-order valence-corrected chi connectivity index (χ0v) is 26.2. The molecule has 0 spiro atoms. The average Bonchev–Trinajstić information content (AvgIpc) is 2.96.